The van der Waals surface area contributed by atoms with Crippen molar-refractivity contribution in [3.05, 3.63) is 187 Å². The number of benzene rings is 3. The van der Waals surface area contributed by atoms with Gasteiger partial charge in [0.2, 0.25) is 11.6 Å². The first-order valence-electron chi connectivity index (χ1n) is 16.4. The highest BCUT2D eigenvalue weighted by Crippen LogP contribution is 2.44. The molecule has 3 aliphatic rings. The number of aromatic nitrogens is 2. The van der Waals surface area contributed by atoms with Gasteiger partial charge in [-0.15, -0.1) is 0 Å². The zero-order valence-corrected chi connectivity index (χ0v) is 28.8. The van der Waals surface area contributed by atoms with Crippen molar-refractivity contribution in [2.24, 2.45) is 9.98 Å². The average molecular weight is 795 g/mol. The number of allylic oxidation sites excluding steroid dienone is 4. The number of hydrogen-bond donors (Lipinski definition) is 2. The van der Waals surface area contributed by atoms with Gasteiger partial charge in [0.05, 0.1) is 58.0 Å². The highest BCUT2D eigenvalue weighted by molar-refractivity contribution is 6.52. The zero-order valence-electron chi connectivity index (χ0n) is 28.8. The van der Waals surface area contributed by atoms with Crippen molar-refractivity contribution in [2.45, 2.75) is 5.60 Å². The molecule has 0 fully saturated rings. The Morgan fingerprint density at radius 3 is 1.28 bits per heavy atom. The summed E-state index contributed by atoms with van der Waals surface area (Å²) in [7, 11) is 2.36. The van der Waals surface area contributed by atoms with Crippen molar-refractivity contribution in [3.63, 3.8) is 0 Å². The summed E-state index contributed by atoms with van der Waals surface area (Å²) in [5.41, 5.74) is -6.89. The van der Waals surface area contributed by atoms with Crippen molar-refractivity contribution in [1.29, 1.82) is 0 Å². The Balaban J connectivity index is 1.50. The van der Waals surface area contributed by atoms with E-state index in [0.717, 1.165) is 7.11 Å². The smallest absolute Gasteiger partial charge is 0.337 e. The number of aromatic amines is 2. The van der Waals surface area contributed by atoms with Crippen molar-refractivity contribution in [3.8, 4) is 0 Å². The molecule has 17 heteroatoms. The quantitative estimate of drug-likeness (QED) is 0.0806. The summed E-state index contributed by atoms with van der Waals surface area (Å²) < 4.78 is 161. The molecule has 0 saturated carbocycles. The average Bonchev–Trinajstić information content (AvgIpc) is 4.07. The normalized spacial score (nSPS) is 18.1. The second-order valence-electron chi connectivity index (χ2n) is 12.6. The number of carbonyl (C=O) groups is 1. The third-order valence-electron chi connectivity index (χ3n) is 9.66. The molecule has 5 aromatic rings. The number of halogens is 10. The summed E-state index contributed by atoms with van der Waals surface area (Å²) in [5, 5.41) is 0. The molecule has 3 aromatic carbocycles. The van der Waals surface area contributed by atoms with Crippen LogP contribution in [0.3, 0.4) is 0 Å². The van der Waals surface area contributed by atoms with Gasteiger partial charge in [-0.3, -0.25) is 0 Å². The van der Waals surface area contributed by atoms with Gasteiger partial charge in [0.25, 0.3) is 0 Å². The maximum absolute atomic E-state index is 15.6. The molecule has 0 unspecified atom stereocenters. The molecule has 0 aliphatic carbocycles. The van der Waals surface area contributed by atoms with Gasteiger partial charge < -0.3 is 19.4 Å². The summed E-state index contributed by atoms with van der Waals surface area (Å²) in [6, 6.07) is 10.7. The molecular formula is C40H20F10N4O3. The van der Waals surface area contributed by atoms with Gasteiger partial charge in [0, 0.05) is 29.6 Å². The highest BCUT2D eigenvalue weighted by Gasteiger charge is 2.42. The molecule has 0 spiro atoms. The lowest BCUT2D eigenvalue weighted by atomic mass is 9.86. The molecule has 288 valence electrons. The number of fused-ring (bicyclic) bond motifs is 7. The molecule has 2 N–H and O–H groups in total. The molecule has 5 heterocycles. The third-order valence-corrected chi connectivity index (χ3v) is 9.66. The van der Waals surface area contributed by atoms with Crippen LogP contribution in [-0.2, 0) is 15.1 Å². The fourth-order valence-corrected chi connectivity index (χ4v) is 6.98. The number of esters is 1. The molecule has 0 amide bonds. The summed E-state index contributed by atoms with van der Waals surface area (Å²) in [6.07, 6.45) is 4.89. The Morgan fingerprint density at radius 2 is 0.912 bits per heavy atom. The minimum absolute atomic E-state index is 0.00634. The summed E-state index contributed by atoms with van der Waals surface area (Å²) in [5.74, 6) is -23.2. The highest BCUT2D eigenvalue weighted by atomic mass is 19.2. The molecule has 7 nitrogen and oxygen atoms in total. The standard InChI is InChI=1S/C40H20F10N4O3/c1-56-39(55)15-3-5-16(6-4-15)40(57-2)23-13-11-21(53-23)25(27-29(41)33(45)37(49)34(46)30(27)42)19-9-7-17(51-19)18-8-10-20(52-18)26(22-12-14-24(40)54-22)28-31(43)35(47)38(50)36(48)32(28)44/h3-14,53-54H,1-2H3/b25-19+,26-20+. The van der Waals surface area contributed by atoms with Crippen LogP contribution in [0.25, 0.3) is 11.1 Å². The van der Waals surface area contributed by atoms with E-state index in [2.05, 4.69) is 20.0 Å². The number of ether oxygens (including phenoxy) is 2. The Morgan fingerprint density at radius 1 is 0.526 bits per heavy atom. The molecule has 3 aliphatic heterocycles. The molecule has 8 bridgehead atoms. The largest absolute Gasteiger partial charge is 0.465 e. The van der Waals surface area contributed by atoms with Crippen LogP contribution < -0.4 is 0 Å². The number of methoxy groups -OCH3 is 2. The minimum atomic E-state index is -2.40. The molecule has 57 heavy (non-hydrogen) atoms. The monoisotopic (exact) mass is 794 g/mol. The zero-order chi connectivity index (χ0) is 40.7. The van der Waals surface area contributed by atoms with Crippen LogP contribution in [0, 0.1) is 58.2 Å². The predicted octanol–water partition coefficient (Wildman–Crippen LogP) is 9.01. The van der Waals surface area contributed by atoms with Crippen molar-refractivity contribution >= 4 is 28.5 Å². The SMILES string of the molecule is COC(=O)c1ccc(C2(OC)c3ccc([nH]3)/C(c3c(F)c(F)c(F)c(F)c3F)=C3/C=CC(=N3)C3=N/C(=C(/c4c(F)c(F)c(F)c(F)c4F)c4ccc2[nH]4)C=C3)cc1. The molecule has 0 atom stereocenters. The Kier molecular flexibility index (Phi) is 8.79. The second-order valence-corrected chi connectivity index (χ2v) is 12.6. The number of hydrogen-bond acceptors (Lipinski definition) is 5. The van der Waals surface area contributed by atoms with E-state index < -0.39 is 92.0 Å². The summed E-state index contributed by atoms with van der Waals surface area (Å²) in [6.45, 7) is 0. The van der Waals surface area contributed by atoms with E-state index in [9.17, 15) is 31.1 Å². The van der Waals surface area contributed by atoms with Crippen molar-refractivity contribution in [1.82, 2.24) is 9.97 Å². The van der Waals surface area contributed by atoms with E-state index in [4.69, 9.17) is 9.47 Å². The fraction of sp³-hybridized carbons (Fsp3) is 0.0750. The number of nitrogens with one attached hydrogen (secondary N) is 2. The lowest BCUT2D eigenvalue weighted by Crippen LogP contribution is -2.32. The number of carbonyl (C=O) groups excluding carboxylic acids is 1. The first-order valence-corrected chi connectivity index (χ1v) is 16.4. The van der Waals surface area contributed by atoms with Crippen LogP contribution >= 0.6 is 0 Å². The number of aliphatic imine (C=N–C) groups is 2. The van der Waals surface area contributed by atoms with Gasteiger partial charge in [-0.05, 0) is 66.3 Å². The van der Waals surface area contributed by atoms with E-state index in [0.29, 0.717) is 0 Å². The molecule has 8 rings (SSSR count). The Bertz CT molecular complexity index is 2580. The summed E-state index contributed by atoms with van der Waals surface area (Å²) >= 11 is 0. The first-order chi connectivity index (χ1) is 27.2. The van der Waals surface area contributed by atoms with Gasteiger partial charge in [0.1, 0.15) is 0 Å². The molecule has 0 radical (unpaired) electrons. The maximum atomic E-state index is 15.6. The fourth-order valence-electron chi connectivity index (χ4n) is 6.98. The van der Waals surface area contributed by atoms with Gasteiger partial charge >= 0.3 is 5.97 Å². The van der Waals surface area contributed by atoms with Crippen LogP contribution in [0.1, 0.15) is 49.8 Å². The van der Waals surface area contributed by atoms with E-state index in [1.54, 1.807) is 0 Å². The van der Waals surface area contributed by atoms with Crippen molar-refractivity contribution in [2.75, 3.05) is 14.2 Å². The van der Waals surface area contributed by atoms with Crippen LogP contribution in [0.2, 0.25) is 0 Å². The molecular weight excluding hydrogens is 774 g/mol. The Labute approximate surface area is 313 Å². The molecule has 2 aromatic heterocycles. The third kappa shape index (κ3) is 5.43. The lowest BCUT2D eigenvalue weighted by molar-refractivity contribution is 0.0517. The predicted molar refractivity (Wildman–Crippen MR) is 184 cm³/mol. The Hall–Kier alpha value is -6.75. The maximum Gasteiger partial charge on any atom is 0.337 e. The lowest BCUT2D eigenvalue weighted by Gasteiger charge is -2.32. The molecule has 0 saturated heterocycles. The van der Waals surface area contributed by atoms with E-state index >= 15 is 17.6 Å². The second kappa shape index (κ2) is 13.5. The summed E-state index contributed by atoms with van der Waals surface area (Å²) in [4.78, 5) is 26.9. The van der Waals surface area contributed by atoms with E-state index in [-0.39, 0.29) is 56.7 Å². The van der Waals surface area contributed by atoms with Crippen LogP contribution in [0.4, 0.5) is 43.9 Å². The van der Waals surface area contributed by atoms with E-state index in [1.807, 2.05) is 0 Å². The van der Waals surface area contributed by atoms with Gasteiger partial charge in [-0.2, -0.15) is 0 Å². The van der Waals surface area contributed by atoms with Gasteiger partial charge in [0.15, 0.2) is 52.1 Å². The van der Waals surface area contributed by atoms with Crippen molar-refractivity contribution < 1.29 is 58.2 Å². The van der Waals surface area contributed by atoms with Gasteiger partial charge in [-0.1, -0.05) is 12.1 Å². The number of rotatable bonds is 5. The van der Waals surface area contributed by atoms with Crippen LogP contribution in [-0.4, -0.2) is 41.6 Å². The van der Waals surface area contributed by atoms with Crippen LogP contribution in [0.15, 0.2) is 94.2 Å². The topological polar surface area (TPSA) is 91.8 Å². The minimum Gasteiger partial charge on any atom is -0.465 e. The first kappa shape index (κ1) is 37.2. The van der Waals surface area contributed by atoms with Gasteiger partial charge in [-0.25, -0.2) is 58.7 Å². The number of H-pyrrole nitrogens is 2. The van der Waals surface area contributed by atoms with Crippen LogP contribution in [0.5, 0.6) is 0 Å². The van der Waals surface area contributed by atoms with E-state index in [1.165, 1.54) is 79.9 Å². The number of nitrogens with zero attached hydrogens (tertiary/aromatic N) is 2.